The number of hydrogen-bond donors (Lipinski definition) is 0. The highest BCUT2D eigenvalue weighted by molar-refractivity contribution is 9.10. The lowest BCUT2D eigenvalue weighted by molar-refractivity contribution is -0.390. The Kier molecular flexibility index (Phi) is 4.31. The van der Waals surface area contributed by atoms with Gasteiger partial charge in [-0.2, -0.15) is 4.68 Å². The summed E-state index contributed by atoms with van der Waals surface area (Å²) in [6.45, 7) is 6.10. The minimum Gasteiger partial charge on any atom is -0.374 e. The molecule has 1 atom stereocenters. The molecule has 2 rings (SSSR count). The first kappa shape index (κ1) is 13.4. The lowest BCUT2D eigenvalue weighted by Gasteiger charge is -2.31. The number of aromatic nitrogens is 2. The van der Waals surface area contributed by atoms with E-state index in [1.54, 1.807) is 10.9 Å². The average molecular weight is 319 g/mol. The second kappa shape index (κ2) is 5.77. The Morgan fingerprint density at radius 2 is 2.50 bits per heavy atom. The number of nitrogens with zero attached hydrogens (tertiary/aromatic N) is 4. The number of rotatable bonds is 4. The lowest BCUT2D eigenvalue weighted by Crippen LogP contribution is -2.44. The van der Waals surface area contributed by atoms with Crippen molar-refractivity contribution >= 4 is 21.7 Å². The van der Waals surface area contributed by atoms with Crippen molar-refractivity contribution in [1.29, 1.82) is 0 Å². The maximum Gasteiger partial charge on any atom is 0.404 e. The Morgan fingerprint density at radius 1 is 1.72 bits per heavy atom. The summed E-state index contributed by atoms with van der Waals surface area (Å²) in [4.78, 5) is 12.5. The Morgan fingerprint density at radius 3 is 3.11 bits per heavy atom. The molecule has 0 amide bonds. The van der Waals surface area contributed by atoms with Crippen LogP contribution < -0.4 is 0 Å². The number of morpholine rings is 1. The Bertz CT molecular complexity index is 437. The SMILES string of the molecule is CCN1CCOC(Cn2cc(Br)c([N+](=O)[O-])n2)C1. The maximum absolute atomic E-state index is 10.7. The molecule has 8 heteroatoms. The molecule has 0 saturated carbocycles. The number of ether oxygens (including phenoxy) is 1. The molecule has 0 aromatic carbocycles. The van der Waals surface area contributed by atoms with Crippen LogP contribution in [0.3, 0.4) is 0 Å². The van der Waals surface area contributed by atoms with Gasteiger partial charge in [-0.1, -0.05) is 6.92 Å². The normalized spacial score (nSPS) is 21.1. The number of likely N-dealkylation sites (N-methyl/N-ethyl adjacent to an activating group) is 1. The van der Waals surface area contributed by atoms with Crippen LogP contribution in [-0.2, 0) is 11.3 Å². The van der Waals surface area contributed by atoms with Crippen molar-refractivity contribution in [3.8, 4) is 0 Å². The molecule has 0 aliphatic carbocycles. The molecule has 1 aliphatic heterocycles. The van der Waals surface area contributed by atoms with Crippen molar-refractivity contribution < 1.29 is 9.66 Å². The fourth-order valence-corrected chi connectivity index (χ4v) is 2.45. The van der Waals surface area contributed by atoms with E-state index in [9.17, 15) is 10.1 Å². The van der Waals surface area contributed by atoms with Gasteiger partial charge in [0.1, 0.15) is 4.47 Å². The molecule has 1 aliphatic rings. The third-order valence-corrected chi connectivity index (χ3v) is 3.49. The van der Waals surface area contributed by atoms with Crippen molar-refractivity contribution in [2.24, 2.45) is 0 Å². The molecule has 1 unspecified atom stereocenters. The summed E-state index contributed by atoms with van der Waals surface area (Å²) in [5.41, 5.74) is 0. The molecule has 0 N–H and O–H groups in total. The summed E-state index contributed by atoms with van der Waals surface area (Å²) in [6.07, 6.45) is 1.65. The van der Waals surface area contributed by atoms with Crippen molar-refractivity contribution in [3.63, 3.8) is 0 Å². The summed E-state index contributed by atoms with van der Waals surface area (Å²) in [5.74, 6) is -0.154. The van der Waals surface area contributed by atoms with Gasteiger partial charge < -0.3 is 14.9 Å². The van der Waals surface area contributed by atoms with Crippen molar-refractivity contribution in [1.82, 2.24) is 14.7 Å². The molecular formula is C10H15BrN4O3. The van der Waals surface area contributed by atoms with Crippen LogP contribution >= 0.6 is 15.9 Å². The van der Waals surface area contributed by atoms with Gasteiger partial charge in [0.15, 0.2) is 0 Å². The summed E-state index contributed by atoms with van der Waals surface area (Å²) in [6, 6.07) is 0. The molecule has 100 valence electrons. The largest absolute Gasteiger partial charge is 0.404 e. The number of hydrogen-bond acceptors (Lipinski definition) is 5. The highest BCUT2D eigenvalue weighted by Crippen LogP contribution is 2.22. The predicted molar refractivity (Wildman–Crippen MR) is 68.4 cm³/mol. The molecule has 18 heavy (non-hydrogen) atoms. The van der Waals surface area contributed by atoms with E-state index >= 15 is 0 Å². The smallest absolute Gasteiger partial charge is 0.374 e. The molecule has 2 heterocycles. The molecule has 1 saturated heterocycles. The number of halogens is 1. The fraction of sp³-hybridized carbons (Fsp3) is 0.700. The van der Waals surface area contributed by atoms with E-state index in [2.05, 4.69) is 32.9 Å². The van der Waals surface area contributed by atoms with Crippen molar-refractivity contribution in [2.75, 3.05) is 26.2 Å². The van der Waals surface area contributed by atoms with Gasteiger partial charge in [-0.3, -0.25) is 4.90 Å². The van der Waals surface area contributed by atoms with Gasteiger partial charge in [-0.25, -0.2) is 0 Å². The third kappa shape index (κ3) is 3.06. The van der Waals surface area contributed by atoms with Crippen LogP contribution in [0.5, 0.6) is 0 Å². The monoisotopic (exact) mass is 318 g/mol. The second-order valence-corrected chi connectivity index (χ2v) is 5.02. The molecule has 1 aromatic heterocycles. The zero-order chi connectivity index (χ0) is 13.1. The van der Waals surface area contributed by atoms with Crippen LogP contribution in [0.15, 0.2) is 10.7 Å². The van der Waals surface area contributed by atoms with Gasteiger partial charge in [-0.15, -0.1) is 0 Å². The van der Waals surface area contributed by atoms with Crippen LogP contribution in [0, 0.1) is 10.1 Å². The standard InChI is InChI=1S/C10H15BrN4O3/c1-2-13-3-4-18-8(5-13)6-14-7-9(11)10(12-14)15(16)17/h7-8H,2-6H2,1H3. The Hall–Kier alpha value is -0.990. The minimum absolute atomic E-state index is 0.0325. The Balaban J connectivity index is 2.00. The number of nitro groups is 1. The highest BCUT2D eigenvalue weighted by Gasteiger charge is 2.24. The second-order valence-electron chi connectivity index (χ2n) is 4.17. The lowest BCUT2D eigenvalue weighted by atomic mass is 10.2. The molecule has 0 radical (unpaired) electrons. The summed E-state index contributed by atoms with van der Waals surface area (Å²) >= 11 is 3.13. The summed E-state index contributed by atoms with van der Waals surface area (Å²) < 4.78 is 7.60. The molecule has 1 fully saturated rings. The van der Waals surface area contributed by atoms with E-state index in [1.807, 2.05) is 0 Å². The first-order chi connectivity index (χ1) is 8.60. The van der Waals surface area contributed by atoms with Gasteiger partial charge >= 0.3 is 5.82 Å². The Labute approximate surface area is 113 Å². The minimum atomic E-state index is -0.499. The van der Waals surface area contributed by atoms with Crippen LogP contribution in [-0.4, -0.2) is 51.9 Å². The van der Waals surface area contributed by atoms with Crippen LogP contribution in [0.1, 0.15) is 6.92 Å². The zero-order valence-corrected chi connectivity index (χ0v) is 11.7. The fourth-order valence-electron chi connectivity index (χ4n) is 1.99. The maximum atomic E-state index is 10.7. The van der Waals surface area contributed by atoms with Crippen LogP contribution in [0.25, 0.3) is 0 Å². The molecule has 0 bridgehead atoms. The van der Waals surface area contributed by atoms with Crippen LogP contribution in [0.2, 0.25) is 0 Å². The van der Waals surface area contributed by atoms with E-state index in [1.165, 1.54) is 0 Å². The highest BCUT2D eigenvalue weighted by atomic mass is 79.9. The topological polar surface area (TPSA) is 73.4 Å². The first-order valence-corrected chi connectivity index (χ1v) is 6.60. The van der Waals surface area contributed by atoms with Gasteiger partial charge in [-0.05, 0) is 27.4 Å². The van der Waals surface area contributed by atoms with Crippen molar-refractivity contribution in [2.45, 2.75) is 19.6 Å². The molecule has 0 spiro atoms. The van der Waals surface area contributed by atoms with E-state index in [-0.39, 0.29) is 11.9 Å². The van der Waals surface area contributed by atoms with Gasteiger partial charge in [0.2, 0.25) is 0 Å². The zero-order valence-electron chi connectivity index (χ0n) is 10.1. The molecule has 1 aromatic rings. The van der Waals surface area contributed by atoms with E-state index < -0.39 is 4.92 Å². The molecule has 7 nitrogen and oxygen atoms in total. The van der Waals surface area contributed by atoms with Crippen molar-refractivity contribution in [3.05, 3.63) is 20.8 Å². The van der Waals surface area contributed by atoms with Crippen LogP contribution in [0.4, 0.5) is 5.82 Å². The van der Waals surface area contributed by atoms with E-state index in [4.69, 9.17) is 4.74 Å². The van der Waals surface area contributed by atoms with Gasteiger partial charge in [0.25, 0.3) is 0 Å². The van der Waals surface area contributed by atoms with E-state index in [0.717, 1.165) is 19.6 Å². The average Bonchev–Trinajstić information content (AvgIpc) is 2.70. The quantitative estimate of drug-likeness (QED) is 0.617. The van der Waals surface area contributed by atoms with E-state index in [0.29, 0.717) is 17.6 Å². The third-order valence-electron chi connectivity index (χ3n) is 2.93. The first-order valence-electron chi connectivity index (χ1n) is 5.81. The molecular weight excluding hydrogens is 304 g/mol. The van der Waals surface area contributed by atoms with Gasteiger partial charge in [0.05, 0.1) is 30.6 Å². The summed E-state index contributed by atoms with van der Waals surface area (Å²) in [5, 5.41) is 14.6. The van der Waals surface area contributed by atoms with Gasteiger partial charge in [0, 0.05) is 13.1 Å². The predicted octanol–water partition coefficient (Wildman–Crippen LogP) is 1.27. The summed E-state index contributed by atoms with van der Waals surface area (Å²) in [7, 11) is 0.